The highest BCUT2D eigenvalue weighted by Gasteiger charge is 2.32. The van der Waals surface area contributed by atoms with Gasteiger partial charge in [-0.25, -0.2) is 9.78 Å². The topological polar surface area (TPSA) is 87.5 Å². The number of hydrogen-bond donors (Lipinski definition) is 2. The van der Waals surface area contributed by atoms with Crippen LogP contribution in [0.1, 0.15) is 47.8 Å². The van der Waals surface area contributed by atoms with Crippen LogP contribution in [0.5, 0.6) is 0 Å². The van der Waals surface area contributed by atoms with Gasteiger partial charge in [0.15, 0.2) is 5.69 Å². The molecule has 1 saturated heterocycles. The maximum absolute atomic E-state index is 13.4. The van der Waals surface area contributed by atoms with Crippen LogP contribution in [-0.2, 0) is 15.7 Å². The van der Waals surface area contributed by atoms with E-state index in [1.54, 1.807) is 13.0 Å². The highest BCUT2D eigenvalue weighted by molar-refractivity contribution is 6.11. The smallest absolute Gasteiger partial charge is 0.416 e. The molecule has 0 spiro atoms. The van der Waals surface area contributed by atoms with Gasteiger partial charge in [0, 0.05) is 41.7 Å². The van der Waals surface area contributed by atoms with Gasteiger partial charge < -0.3 is 25.1 Å². The number of benzene rings is 2. The number of aromatic nitrogens is 1. The molecule has 0 bridgehead atoms. The fourth-order valence-electron chi connectivity index (χ4n) is 4.93. The molecule has 2 N–H and O–H groups in total. The summed E-state index contributed by atoms with van der Waals surface area (Å²) in [6.07, 6.45) is -1.83. The maximum atomic E-state index is 13.4. The van der Waals surface area contributed by atoms with Gasteiger partial charge in [-0.3, -0.25) is 0 Å². The van der Waals surface area contributed by atoms with Gasteiger partial charge in [0.2, 0.25) is 0 Å². The van der Waals surface area contributed by atoms with E-state index in [9.17, 15) is 18.0 Å². The van der Waals surface area contributed by atoms with E-state index in [2.05, 4.69) is 15.2 Å². The van der Waals surface area contributed by atoms with Gasteiger partial charge in [0.1, 0.15) is 5.82 Å². The standard InChI is InChI=1S/C30H31F3N4O3/c1-2-40-29(38)25-18-24(19-9-11-23(12-10-19)37-13-15-39-16-14-37)26(27(34)20-5-3-6-20)28(36-25)35-22-8-4-7-21(17-22)30(31,32)33/h4,7-12,17-18,20,34H,2-3,5-6,13-16H2,1H3,(H,35,36). The van der Waals surface area contributed by atoms with Crippen molar-refractivity contribution >= 4 is 28.9 Å². The number of anilines is 3. The third-order valence-corrected chi connectivity index (χ3v) is 7.29. The summed E-state index contributed by atoms with van der Waals surface area (Å²) in [6.45, 7) is 4.70. The third kappa shape index (κ3) is 5.96. The Labute approximate surface area is 230 Å². The lowest BCUT2D eigenvalue weighted by Gasteiger charge is -2.30. The number of nitrogens with zero attached hydrogens (tertiary/aromatic N) is 2. The number of ether oxygens (including phenoxy) is 2. The van der Waals surface area contributed by atoms with Crippen molar-refractivity contribution in [3.8, 4) is 11.1 Å². The molecule has 40 heavy (non-hydrogen) atoms. The van der Waals surface area contributed by atoms with Crippen molar-refractivity contribution < 1.29 is 27.4 Å². The summed E-state index contributed by atoms with van der Waals surface area (Å²) in [4.78, 5) is 19.5. The lowest BCUT2D eigenvalue weighted by atomic mass is 9.78. The summed E-state index contributed by atoms with van der Waals surface area (Å²) in [5.41, 5.74) is 2.55. The van der Waals surface area contributed by atoms with Crippen molar-refractivity contribution in [3.63, 3.8) is 0 Å². The van der Waals surface area contributed by atoms with Crippen LogP contribution in [-0.4, -0.2) is 49.6 Å². The lowest BCUT2D eigenvalue weighted by Crippen LogP contribution is -2.36. The highest BCUT2D eigenvalue weighted by atomic mass is 19.4. The zero-order chi connectivity index (χ0) is 28.3. The van der Waals surface area contributed by atoms with E-state index in [1.807, 2.05) is 24.3 Å². The van der Waals surface area contributed by atoms with Crippen LogP contribution in [0.15, 0.2) is 54.6 Å². The minimum atomic E-state index is -4.52. The Morgan fingerprint density at radius 2 is 1.85 bits per heavy atom. The van der Waals surface area contributed by atoms with E-state index in [1.165, 1.54) is 12.1 Å². The summed E-state index contributed by atoms with van der Waals surface area (Å²) >= 11 is 0. The molecule has 210 valence electrons. The van der Waals surface area contributed by atoms with Crippen molar-refractivity contribution in [2.75, 3.05) is 43.1 Å². The molecule has 2 aromatic carbocycles. The Morgan fingerprint density at radius 3 is 2.48 bits per heavy atom. The number of halogens is 3. The minimum absolute atomic E-state index is 0.00340. The van der Waals surface area contributed by atoms with Crippen molar-refractivity contribution in [2.45, 2.75) is 32.4 Å². The van der Waals surface area contributed by atoms with Crippen LogP contribution in [0.3, 0.4) is 0 Å². The molecule has 1 aliphatic carbocycles. The number of esters is 1. The Hall–Kier alpha value is -3.92. The summed E-state index contributed by atoms with van der Waals surface area (Å²) in [7, 11) is 0. The van der Waals surface area contributed by atoms with E-state index in [0.29, 0.717) is 30.1 Å². The van der Waals surface area contributed by atoms with Crippen LogP contribution in [0.4, 0.5) is 30.4 Å². The highest BCUT2D eigenvalue weighted by Crippen LogP contribution is 2.39. The minimum Gasteiger partial charge on any atom is -0.461 e. The molecule has 0 amide bonds. The molecule has 2 aliphatic rings. The van der Waals surface area contributed by atoms with E-state index in [0.717, 1.165) is 55.7 Å². The molecule has 0 atom stereocenters. The van der Waals surface area contributed by atoms with Crippen molar-refractivity contribution in [3.05, 3.63) is 71.4 Å². The van der Waals surface area contributed by atoms with Gasteiger partial charge in [-0.15, -0.1) is 0 Å². The van der Waals surface area contributed by atoms with Crippen molar-refractivity contribution in [1.82, 2.24) is 4.98 Å². The molecule has 0 unspecified atom stereocenters. The molecule has 2 heterocycles. The molecule has 0 radical (unpaired) electrons. The first-order valence-corrected chi connectivity index (χ1v) is 13.4. The second kappa shape index (κ2) is 11.7. The van der Waals surface area contributed by atoms with Gasteiger partial charge in [0.05, 0.1) is 25.4 Å². The third-order valence-electron chi connectivity index (χ3n) is 7.29. The first-order chi connectivity index (χ1) is 19.2. The largest absolute Gasteiger partial charge is 0.461 e. The Morgan fingerprint density at radius 1 is 1.12 bits per heavy atom. The SMILES string of the molecule is CCOC(=O)c1cc(-c2ccc(N3CCOCC3)cc2)c(C(=N)C2CCC2)c(Nc2cccc(C(F)(F)F)c2)n1. The molecular formula is C30H31F3N4O3. The average molecular weight is 553 g/mol. The van der Waals surface area contributed by atoms with E-state index in [-0.39, 0.29) is 29.7 Å². The van der Waals surface area contributed by atoms with Crippen LogP contribution in [0.25, 0.3) is 11.1 Å². The van der Waals surface area contributed by atoms with Crippen LogP contribution >= 0.6 is 0 Å². The molecule has 2 fully saturated rings. The second-order valence-corrected chi connectivity index (χ2v) is 9.89. The van der Waals surface area contributed by atoms with E-state index in [4.69, 9.17) is 14.9 Å². The van der Waals surface area contributed by atoms with E-state index >= 15 is 0 Å². The first-order valence-electron chi connectivity index (χ1n) is 13.4. The summed E-state index contributed by atoms with van der Waals surface area (Å²) in [5.74, 6) is -0.500. The summed E-state index contributed by atoms with van der Waals surface area (Å²) < 4.78 is 51.0. The second-order valence-electron chi connectivity index (χ2n) is 9.89. The van der Waals surface area contributed by atoms with Gasteiger partial charge in [-0.05, 0) is 67.3 Å². The van der Waals surface area contributed by atoms with Crippen LogP contribution < -0.4 is 10.2 Å². The number of carbonyl (C=O) groups is 1. The Balaban J connectivity index is 1.62. The quantitative estimate of drug-likeness (QED) is 0.239. The molecule has 1 aliphatic heterocycles. The molecule has 7 nitrogen and oxygen atoms in total. The van der Waals surface area contributed by atoms with Gasteiger partial charge >= 0.3 is 12.1 Å². The van der Waals surface area contributed by atoms with Gasteiger partial charge in [-0.1, -0.05) is 24.6 Å². The fourth-order valence-corrected chi connectivity index (χ4v) is 4.93. The molecular weight excluding hydrogens is 521 g/mol. The number of pyridine rings is 1. The number of alkyl halides is 3. The van der Waals surface area contributed by atoms with Crippen LogP contribution in [0, 0.1) is 11.3 Å². The van der Waals surface area contributed by atoms with Crippen molar-refractivity contribution in [1.29, 1.82) is 5.41 Å². The zero-order valence-electron chi connectivity index (χ0n) is 22.2. The molecule has 3 aromatic rings. The van der Waals surface area contributed by atoms with Gasteiger partial charge in [0.25, 0.3) is 0 Å². The number of rotatable bonds is 8. The Bertz CT molecular complexity index is 1380. The van der Waals surface area contributed by atoms with E-state index < -0.39 is 17.7 Å². The number of morpholine rings is 1. The zero-order valence-corrected chi connectivity index (χ0v) is 22.2. The summed E-state index contributed by atoms with van der Waals surface area (Å²) in [6, 6.07) is 14.2. The Kier molecular flexibility index (Phi) is 8.07. The average Bonchev–Trinajstić information content (AvgIpc) is 2.92. The molecule has 1 aromatic heterocycles. The molecule has 5 rings (SSSR count). The number of nitrogens with one attached hydrogen (secondary N) is 2. The number of hydrogen-bond acceptors (Lipinski definition) is 7. The fraction of sp³-hybridized carbons (Fsp3) is 0.367. The summed E-state index contributed by atoms with van der Waals surface area (Å²) in [5, 5.41) is 12.1. The normalized spacial score (nSPS) is 15.8. The van der Waals surface area contributed by atoms with Gasteiger partial charge in [-0.2, -0.15) is 13.2 Å². The number of carbonyl (C=O) groups excluding carboxylic acids is 1. The predicted molar refractivity (Wildman–Crippen MR) is 148 cm³/mol. The maximum Gasteiger partial charge on any atom is 0.416 e. The first kappa shape index (κ1) is 27.6. The molecule has 10 heteroatoms. The predicted octanol–water partition coefficient (Wildman–Crippen LogP) is 6.69. The van der Waals surface area contributed by atoms with Crippen LogP contribution in [0.2, 0.25) is 0 Å². The lowest BCUT2D eigenvalue weighted by molar-refractivity contribution is -0.137. The monoisotopic (exact) mass is 552 g/mol. The molecule has 1 saturated carbocycles. The van der Waals surface area contributed by atoms with Crippen molar-refractivity contribution in [2.24, 2.45) is 5.92 Å².